The summed E-state index contributed by atoms with van der Waals surface area (Å²) in [7, 11) is 0. The molecular formula is C16H21N3O3S. The Labute approximate surface area is 138 Å². The van der Waals surface area contributed by atoms with E-state index >= 15 is 0 Å². The van der Waals surface area contributed by atoms with Gasteiger partial charge in [0, 0.05) is 36.1 Å². The predicted octanol–water partition coefficient (Wildman–Crippen LogP) is 1.88. The van der Waals surface area contributed by atoms with Crippen LogP contribution in [0.2, 0.25) is 0 Å². The van der Waals surface area contributed by atoms with Gasteiger partial charge < -0.3 is 15.4 Å². The highest BCUT2D eigenvalue weighted by molar-refractivity contribution is 7.09. The van der Waals surface area contributed by atoms with Crippen molar-refractivity contribution in [1.29, 1.82) is 0 Å². The van der Waals surface area contributed by atoms with Gasteiger partial charge >= 0.3 is 4.87 Å². The first-order chi connectivity index (χ1) is 11.0. The number of aliphatic hydroxyl groups excluding tert-OH is 1. The van der Waals surface area contributed by atoms with E-state index in [-0.39, 0.29) is 17.4 Å². The number of likely N-dealkylation sites (N-methyl/N-ethyl adjacent to an activating group) is 1. The van der Waals surface area contributed by atoms with Crippen molar-refractivity contribution in [2.24, 2.45) is 0 Å². The fourth-order valence-electron chi connectivity index (χ4n) is 2.35. The summed E-state index contributed by atoms with van der Waals surface area (Å²) in [4.78, 5) is 28.7. The summed E-state index contributed by atoms with van der Waals surface area (Å²) in [6.45, 7) is 5.51. The van der Waals surface area contributed by atoms with E-state index in [1.165, 1.54) is 18.3 Å². The minimum atomic E-state index is -0.138. The number of aliphatic hydroxyl groups is 1. The third-order valence-corrected chi connectivity index (χ3v) is 4.29. The van der Waals surface area contributed by atoms with Gasteiger partial charge in [0.15, 0.2) is 0 Å². The standard InChI is InChI=1S/C16H21N3O3S/c1-3-19(7-8-20)10-14-15(18-16(22)23-14)12-5-4-6-13(9-12)17-11(2)21/h4-6,9,20H,3,7-8,10H2,1-2H3,(H,17,21)(H,18,22). The smallest absolute Gasteiger partial charge is 0.305 e. The lowest BCUT2D eigenvalue weighted by Crippen LogP contribution is -2.25. The molecule has 2 aromatic rings. The Morgan fingerprint density at radius 3 is 2.87 bits per heavy atom. The molecule has 0 aliphatic heterocycles. The van der Waals surface area contributed by atoms with Crippen LogP contribution >= 0.6 is 11.3 Å². The number of benzene rings is 1. The molecule has 23 heavy (non-hydrogen) atoms. The molecule has 1 heterocycles. The zero-order chi connectivity index (χ0) is 16.8. The highest BCUT2D eigenvalue weighted by atomic mass is 32.1. The Kier molecular flexibility index (Phi) is 6.09. The van der Waals surface area contributed by atoms with E-state index in [2.05, 4.69) is 15.2 Å². The Morgan fingerprint density at radius 1 is 1.43 bits per heavy atom. The van der Waals surface area contributed by atoms with Crippen molar-refractivity contribution in [2.45, 2.75) is 20.4 Å². The van der Waals surface area contributed by atoms with Crippen molar-refractivity contribution >= 4 is 22.9 Å². The molecule has 0 unspecified atom stereocenters. The van der Waals surface area contributed by atoms with Gasteiger partial charge in [0.25, 0.3) is 0 Å². The lowest BCUT2D eigenvalue weighted by Gasteiger charge is -2.18. The predicted molar refractivity (Wildman–Crippen MR) is 92.7 cm³/mol. The van der Waals surface area contributed by atoms with E-state index in [1.54, 1.807) is 6.07 Å². The minimum Gasteiger partial charge on any atom is -0.395 e. The molecule has 0 aliphatic rings. The summed E-state index contributed by atoms with van der Waals surface area (Å²) in [5, 5.41) is 11.9. The molecule has 0 fully saturated rings. The first-order valence-corrected chi connectivity index (χ1v) is 8.28. The maximum atomic E-state index is 11.8. The van der Waals surface area contributed by atoms with E-state index in [0.717, 1.165) is 22.7 Å². The lowest BCUT2D eigenvalue weighted by molar-refractivity contribution is -0.114. The second-order valence-corrected chi connectivity index (χ2v) is 6.23. The van der Waals surface area contributed by atoms with Crippen molar-refractivity contribution in [3.05, 3.63) is 38.8 Å². The summed E-state index contributed by atoms with van der Waals surface area (Å²) in [6.07, 6.45) is 0. The van der Waals surface area contributed by atoms with Crippen LogP contribution in [-0.2, 0) is 11.3 Å². The number of hydrogen-bond donors (Lipinski definition) is 3. The second-order valence-electron chi connectivity index (χ2n) is 5.17. The molecule has 7 heteroatoms. The molecule has 0 atom stereocenters. The molecule has 0 radical (unpaired) electrons. The Morgan fingerprint density at radius 2 is 2.22 bits per heavy atom. The Hall–Kier alpha value is -1.96. The fraction of sp³-hybridized carbons (Fsp3) is 0.375. The van der Waals surface area contributed by atoms with Gasteiger partial charge in [-0.2, -0.15) is 0 Å². The summed E-state index contributed by atoms with van der Waals surface area (Å²) >= 11 is 1.18. The van der Waals surface area contributed by atoms with Crippen LogP contribution in [0.5, 0.6) is 0 Å². The molecule has 3 N–H and O–H groups in total. The normalized spacial score (nSPS) is 11.0. The zero-order valence-corrected chi connectivity index (χ0v) is 14.1. The number of anilines is 1. The lowest BCUT2D eigenvalue weighted by atomic mass is 10.1. The van der Waals surface area contributed by atoms with Gasteiger partial charge in [0.1, 0.15) is 0 Å². The number of rotatable bonds is 7. The van der Waals surface area contributed by atoms with Gasteiger partial charge in [0.2, 0.25) is 5.91 Å². The number of carbonyl (C=O) groups is 1. The quantitative estimate of drug-likeness (QED) is 0.721. The van der Waals surface area contributed by atoms with Gasteiger partial charge in [-0.3, -0.25) is 14.5 Å². The number of nitrogens with one attached hydrogen (secondary N) is 2. The van der Waals surface area contributed by atoms with Crippen molar-refractivity contribution in [2.75, 3.05) is 25.0 Å². The molecule has 0 bridgehead atoms. The van der Waals surface area contributed by atoms with Gasteiger partial charge in [-0.15, -0.1) is 0 Å². The van der Waals surface area contributed by atoms with Gasteiger partial charge in [-0.1, -0.05) is 30.4 Å². The van der Waals surface area contributed by atoms with Crippen molar-refractivity contribution in [3.63, 3.8) is 0 Å². The van der Waals surface area contributed by atoms with Crippen LogP contribution in [0.1, 0.15) is 18.7 Å². The number of aromatic nitrogens is 1. The van der Waals surface area contributed by atoms with Crippen LogP contribution in [-0.4, -0.2) is 40.6 Å². The van der Waals surface area contributed by atoms with Crippen molar-refractivity contribution in [3.8, 4) is 11.3 Å². The van der Waals surface area contributed by atoms with E-state index in [4.69, 9.17) is 5.11 Å². The number of H-pyrrole nitrogens is 1. The molecule has 0 saturated heterocycles. The van der Waals surface area contributed by atoms with E-state index in [1.807, 2.05) is 25.1 Å². The monoisotopic (exact) mass is 335 g/mol. The van der Waals surface area contributed by atoms with Crippen molar-refractivity contribution < 1.29 is 9.90 Å². The maximum Gasteiger partial charge on any atom is 0.305 e. The molecule has 124 valence electrons. The molecule has 2 rings (SSSR count). The summed E-state index contributed by atoms with van der Waals surface area (Å²) < 4.78 is 0. The van der Waals surface area contributed by atoms with Crippen LogP contribution in [0.3, 0.4) is 0 Å². The highest BCUT2D eigenvalue weighted by Gasteiger charge is 2.14. The van der Waals surface area contributed by atoms with Crippen LogP contribution in [0.4, 0.5) is 5.69 Å². The number of aromatic amines is 1. The highest BCUT2D eigenvalue weighted by Crippen LogP contribution is 2.26. The van der Waals surface area contributed by atoms with Crippen LogP contribution in [0.25, 0.3) is 11.3 Å². The van der Waals surface area contributed by atoms with Gasteiger partial charge in [-0.05, 0) is 18.7 Å². The number of nitrogens with zero attached hydrogens (tertiary/aromatic N) is 1. The summed E-state index contributed by atoms with van der Waals surface area (Å²) in [5.41, 5.74) is 2.31. The molecule has 0 spiro atoms. The van der Waals surface area contributed by atoms with E-state index in [9.17, 15) is 9.59 Å². The minimum absolute atomic E-state index is 0.0838. The molecular weight excluding hydrogens is 314 g/mol. The Bertz CT molecular complexity index is 723. The molecule has 1 amide bonds. The number of hydrogen-bond acceptors (Lipinski definition) is 5. The molecule has 0 saturated carbocycles. The summed E-state index contributed by atoms with van der Waals surface area (Å²) in [6, 6.07) is 7.38. The van der Waals surface area contributed by atoms with Crippen molar-refractivity contribution in [1.82, 2.24) is 9.88 Å². The summed E-state index contributed by atoms with van der Waals surface area (Å²) in [5.74, 6) is -0.138. The van der Waals surface area contributed by atoms with Crippen LogP contribution in [0.15, 0.2) is 29.1 Å². The SMILES string of the molecule is CCN(CCO)Cc1sc(=O)[nH]c1-c1cccc(NC(C)=O)c1. The zero-order valence-electron chi connectivity index (χ0n) is 13.3. The number of carbonyl (C=O) groups excluding carboxylic acids is 1. The third kappa shape index (κ3) is 4.75. The van der Waals surface area contributed by atoms with Gasteiger partial charge in [0.05, 0.1) is 12.3 Å². The van der Waals surface area contributed by atoms with E-state index in [0.29, 0.717) is 18.8 Å². The van der Waals surface area contributed by atoms with Crippen LogP contribution < -0.4 is 10.2 Å². The molecule has 0 aliphatic carbocycles. The fourth-order valence-corrected chi connectivity index (χ4v) is 3.25. The van der Waals surface area contributed by atoms with E-state index < -0.39 is 0 Å². The first-order valence-electron chi connectivity index (χ1n) is 7.46. The largest absolute Gasteiger partial charge is 0.395 e. The molecule has 1 aromatic heterocycles. The molecule has 1 aromatic carbocycles. The topological polar surface area (TPSA) is 85.4 Å². The average molecular weight is 335 g/mol. The second kappa shape index (κ2) is 8.05. The number of thiazole rings is 1. The number of amides is 1. The molecule has 6 nitrogen and oxygen atoms in total. The average Bonchev–Trinajstić information content (AvgIpc) is 2.87. The van der Waals surface area contributed by atoms with Crippen LogP contribution in [0, 0.1) is 0 Å². The third-order valence-electron chi connectivity index (χ3n) is 3.42. The van der Waals surface area contributed by atoms with Gasteiger partial charge in [-0.25, -0.2) is 0 Å². The Balaban J connectivity index is 2.32. The maximum absolute atomic E-state index is 11.8. The first kappa shape index (κ1) is 17.4.